The van der Waals surface area contributed by atoms with Gasteiger partial charge in [0.1, 0.15) is 0 Å². The number of hydrogen-bond acceptors (Lipinski definition) is 4. The minimum Gasteiger partial charge on any atom is -0.493 e. The first-order valence-corrected chi connectivity index (χ1v) is 8.20. The van der Waals surface area contributed by atoms with Gasteiger partial charge >= 0.3 is 5.97 Å². The molecule has 1 amide bonds. The van der Waals surface area contributed by atoms with Gasteiger partial charge < -0.3 is 19.5 Å². The number of nitrogens with zero attached hydrogens (tertiary/aromatic N) is 1. The van der Waals surface area contributed by atoms with Crippen LogP contribution in [0.4, 0.5) is 0 Å². The van der Waals surface area contributed by atoms with Crippen molar-refractivity contribution in [2.75, 3.05) is 27.3 Å². The number of carboxylic acids is 1. The Morgan fingerprint density at radius 2 is 1.96 bits per heavy atom. The quantitative estimate of drug-likeness (QED) is 0.657. The van der Waals surface area contributed by atoms with E-state index >= 15 is 0 Å². The van der Waals surface area contributed by atoms with Gasteiger partial charge in [-0.25, -0.2) is 0 Å². The molecule has 0 fully saturated rings. The zero-order chi connectivity index (χ0) is 19.0. The largest absolute Gasteiger partial charge is 0.493 e. The summed E-state index contributed by atoms with van der Waals surface area (Å²) in [4.78, 5) is 25.4. The Morgan fingerprint density at radius 3 is 2.44 bits per heavy atom. The van der Waals surface area contributed by atoms with E-state index in [2.05, 4.69) is 6.58 Å². The summed E-state index contributed by atoms with van der Waals surface area (Å²) in [5.74, 6) is 0.112. The first-order chi connectivity index (χ1) is 11.8. The molecule has 1 aromatic rings. The van der Waals surface area contributed by atoms with E-state index in [-0.39, 0.29) is 24.8 Å². The number of hydrogen-bond donors (Lipinski definition) is 1. The van der Waals surface area contributed by atoms with E-state index in [9.17, 15) is 9.59 Å². The lowest BCUT2D eigenvalue weighted by atomic mass is 10.0. The summed E-state index contributed by atoms with van der Waals surface area (Å²) in [5.41, 5.74) is 1.24. The molecular formula is C19H27NO5. The van der Waals surface area contributed by atoms with Crippen molar-refractivity contribution in [1.82, 2.24) is 4.90 Å². The molecule has 6 heteroatoms. The molecule has 138 valence electrons. The lowest BCUT2D eigenvalue weighted by Gasteiger charge is -2.25. The molecule has 0 heterocycles. The summed E-state index contributed by atoms with van der Waals surface area (Å²) in [7, 11) is 3.06. The molecule has 6 nitrogen and oxygen atoms in total. The number of amides is 1. The van der Waals surface area contributed by atoms with E-state index in [4.69, 9.17) is 14.6 Å². The van der Waals surface area contributed by atoms with Crippen molar-refractivity contribution in [3.8, 4) is 11.5 Å². The number of ether oxygens (including phenoxy) is 2. The van der Waals surface area contributed by atoms with Crippen molar-refractivity contribution in [1.29, 1.82) is 0 Å². The highest BCUT2D eigenvalue weighted by Crippen LogP contribution is 2.33. The number of allylic oxidation sites excluding steroid dienone is 1. The van der Waals surface area contributed by atoms with Crippen LogP contribution in [0.3, 0.4) is 0 Å². The summed E-state index contributed by atoms with van der Waals surface area (Å²) >= 11 is 0. The molecule has 0 aromatic heterocycles. The smallest absolute Gasteiger partial charge is 0.305 e. The predicted octanol–water partition coefficient (Wildman–Crippen LogP) is 3.01. The number of rotatable bonds is 10. The second kappa shape index (κ2) is 9.71. The van der Waals surface area contributed by atoms with Gasteiger partial charge in [0.15, 0.2) is 11.5 Å². The topological polar surface area (TPSA) is 76.1 Å². The summed E-state index contributed by atoms with van der Waals surface area (Å²) in [6, 6.07) is 3.38. The molecule has 0 saturated heterocycles. The molecule has 0 aliphatic carbocycles. The van der Waals surface area contributed by atoms with Crippen molar-refractivity contribution >= 4 is 11.9 Å². The molecule has 0 radical (unpaired) electrons. The van der Waals surface area contributed by atoms with Gasteiger partial charge in [-0.2, -0.15) is 0 Å². The van der Waals surface area contributed by atoms with Crippen molar-refractivity contribution in [2.45, 2.75) is 26.7 Å². The van der Waals surface area contributed by atoms with Crippen LogP contribution in [0.1, 0.15) is 36.2 Å². The normalized spacial score (nSPS) is 10.4. The van der Waals surface area contributed by atoms with Gasteiger partial charge in [0.05, 0.1) is 20.6 Å². The molecule has 1 aromatic carbocycles. The number of carbonyl (C=O) groups is 2. The molecule has 1 rings (SSSR count). The Morgan fingerprint density at radius 1 is 1.28 bits per heavy atom. The lowest BCUT2D eigenvalue weighted by molar-refractivity contribution is -0.137. The van der Waals surface area contributed by atoms with Gasteiger partial charge in [0.2, 0.25) is 0 Å². The van der Waals surface area contributed by atoms with Crippen LogP contribution in [0.2, 0.25) is 0 Å². The highest BCUT2D eigenvalue weighted by Gasteiger charge is 2.21. The van der Waals surface area contributed by atoms with E-state index in [1.54, 1.807) is 30.2 Å². The second-order valence-corrected chi connectivity index (χ2v) is 6.15. The summed E-state index contributed by atoms with van der Waals surface area (Å²) in [6.07, 6.45) is 2.16. The van der Waals surface area contributed by atoms with Crippen molar-refractivity contribution in [3.63, 3.8) is 0 Å². The van der Waals surface area contributed by atoms with Crippen molar-refractivity contribution < 1.29 is 24.2 Å². The van der Waals surface area contributed by atoms with Crippen LogP contribution < -0.4 is 9.47 Å². The van der Waals surface area contributed by atoms with E-state index in [0.29, 0.717) is 30.0 Å². The number of methoxy groups -OCH3 is 2. The SMILES string of the molecule is C=CCc1cc(C(=O)N(CCC(=O)O)CC(C)C)cc(OC)c1OC. The minimum absolute atomic E-state index is 0.0920. The fraction of sp³-hybridized carbons (Fsp3) is 0.474. The molecular weight excluding hydrogens is 322 g/mol. The molecule has 0 bridgehead atoms. The Labute approximate surface area is 149 Å². The number of carbonyl (C=O) groups excluding carboxylic acids is 1. The Bertz CT molecular complexity index is 624. The zero-order valence-corrected chi connectivity index (χ0v) is 15.4. The molecule has 25 heavy (non-hydrogen) atoms. The molecule has 0 saturated carbocycles. The molecule has 0 atom stereocenters. The van der Waals surface area contributed by atoms with Crippen LogP contribution in [0.25, 0.3) is 0 Å². The van der Waals surface area contributed by atoms with Gasteiger partial charge in [-0.15, -0.1) is 6.58 Å². The van der Waals surface area contributed by atoms with Gasteiger partial charge in [-0.1, -0.05) is 19.9 Å². The van der Waals surface area contributed by atoms with Crippen LogP contribution in [0.5, 0.6) is 11.5 Å². The lowest BCUT2D eigenvalue weighted by Crippen LogP contribution is -2.36. The average molecular weight is 349 g/mol. The third-order valence-corrected chi connectivity index (χ3v) is 3.64. The minimum atomic E-state index is -0.929. The zero-order valence-electron chi connectivity index (χ0n) is 15.4. The number of carboxylic acid groups (broad SMARTS) is 1. The van der Waals surface area contributed by atoms with E-state index < -0.39 is 5.97 Å². The van der Waals surface area contributed by atoms with E-state index in [1.807, 2.05) is 13.8 Å². The maximum Gasteiger partial charge on any atom is 0.305 e. The van der Waals surface area contributed by atoms with Crippen molar-refractivity contribution in [2.24, 2.45) is 5.92 Å². The van der Waals surface area contributed by atoms with Gasteiger partial charge in [0, 0.05) is 24.2 Å². The molecule has 0 spiro atoms. The van der Waals surface area contributed by atoms with Crippen LogP contribution in [-0.2, 0) is 11.2 Å². The molecule has 0 aliphatic rings. The fourth-order valence-electron chi connectivity index (χ4n) is 2.60. The van der Waals surface area contributed by atoms with Gasteiger partial charge in [-0.3, -0.25) is 9.59 Å². The van der Waals surface area contributed by atoms with Gasteiger partial charge in [-0.05, 0) is 24.5 Å². The van der Waals surface area contributed by atoms with E-state index in [1.165, 1.54) is 7.11 Å². The average Bonchev–Trinajstić information content (AvgIpc) is 2.56. The Hall–Kier alpha value is -2.50. The predicted molar refractivity (Wildman–Crippen MR) is 96.4 cm³/mol. The third kappa shape index (κ3) is 5.81. The molecule has 0 aliphatic heterocycles. The van der Waals surface area contributed by atoms with Crippen LogP contribution in [-0.4, -0.2) is 49.2 Å². The maximum atomic E-state index is 12.9. The highest BCUT2D eigenvalue weighted by atomic mass is 16.5. The second-order valence-electron chi connectivity index (χ2n) is 6.15. The monoisotopic (exact) mass is 349 g/mol. The van der Waals surface area contributed by atoms with Gasteiger partial charge in [0.25, 0.3) is 5.91 Å². The summed E-state index contributed by atoms with van der Waals surface area (Å²) in [5, 5.41) is 8.93. The summed E-state index contributed by atoms with van der Waals surface area (Å²) < 4.78 is 10.7. The van der Waals surface area contributed by atoms with Crippen LogP contribution in [0.15, 0.2) is 24.8 Å². The Kier molecular flexibility index (Phi) is 7.98. The molecule has 1 N–H and O–H groups in total. The Balaban J connectivity index is 3.24. The first kappa shape index (κ1) is 20.5. The highest BCUT2D eigenvalue weighted by molar-refractivity contribution is 5.95. The third-order valence-electron chi connectivity index (χ3n) is 3.64. The standard InChI is InChI=1S/C19H27NO5/c1-6-7-14-10-15(11-16(24-4)18(14)25-5)19(23)20(12-13(2)3)9-8-17(21)22/h6,10-11,13H,1,7-9,12H2,2-5H3,(H,21,22). The maximum absolute atomic E-state index is 12.9. The molecule has 0 unspecified atom stereocenters. The summed E-state index contributed by atoms with van der Waals surface area (Å²) in [6.45, 7) is 8.35. The number of benzene rings is 1. The van der Waals surface area contributed by atoms with Crippen molar-refractivity contribution in [3.05, 3.63) is 35.9 Å². The van der Waals surface area contributed by atoms with Crippen LogP contribution >= 0.6 is 0 Å². The number of aliphatic carboxylic acids is 1. The first-order valence-electron chi connectivity index (χ1n) is 8.20. The van der Waals surface area contributed by atoms with E-state index in [0.717, 1.165) is 5.56 Å². The van der Waals surface area contributed by atoms with Crippen LogP contribution in [0, 0.1) is 5.92 Å². The fourth-order valence-corrected chi connectivity index (χ4v) is 2.60.